The molecule has 1 unspecified atom stereocenters. The van der Waals surface area contributed by atoms with Gasteiger partial charge in [0.15, 0.2) is 15.5 Å². The van der Waals surface area contributed by atoms with E-state index >= 15 is 0 Å². The van der Waals surface area contributed by atoms with E-state index in [9.17, 15) is 13.2 Å². The van der Waals surface area contributed by atoms with Crippen molar-refractivity contribution >= 4 is 21.6 Å². The van der Waals surface area contributed by atoms with Crippen molar-refractivity contribution in [2.75, 3.05) is 23.9 Å². The number of rotatable bonds is 3. The summed E-state index contributed by atoms with van der Waals surface area (Å²) in [5, 5.41) is 13.0. The molecule has 2 heterocycles. The van der Waals surface area contributed by atoms with Crippen LogP contribution in [-0.4, -0.2) is 49.1 Å². The van der Waals surface area contributed by atoms with Gasteiger partial charge in [-0.15, -0.1) is 10.2 Å². The first kappa shape index (κ1) is 12.7. The Morgan fingerprint density at radius 2 is 2.17 bits per heavy atom. The fraction of sp³-hybridized carbons (Fsp3) is 0.500. The zero-order valence-electron chi connectivity index (χ0n) is 9.88. The molecule has 98 valence electrons. The minimum absolute atomic E-state index is 0.000762. The van der Waals surface area contributed by atoms with E-state index in [1.807, 2.05) is 0 Å². The Morgan fingerprint density at radius 1 is 1.39 bits per heavy atom. The van der Waals surface area contributed by atoms with E-state index in [1.54, 1.807) is 13.1 Å². The molecule has 0 aliphatic carbocycles. The van der Waals surface area contributed by atoms with Crippen LogP contribution in [0.4, 0.5) is 5.82 Å². The largest absolute Gasteiger partial charge is 0.372 e. The van der Waals surface area contributed by atoms with Gasteiger partial charge in [-0.1, -0.05) is 0 Å². The SMILES string of the molecule is CNc1ccc(C(=O)NC2CCS(=O)(=O)C2)nn1. The number of nitrogens with one attached hydrogen (secondary N) is 2. The standard InChI is InChI=1S/C10H14N4O3S/c1-11-9-3-2-8(13-14-9)10(15)12-7-4-5-18(16,17)6-7/h2-3,7H,4-6H2,1H3,(H,11,14)(H,12,15). The summed E-state index contributed by atoms with van der Waals surface area (Å²) in [6, 6.07) is 2.85. The molecule has 1 aliphatic heterocycles. The molecule has 1 saturated heterocycles. The zero-order valence-corrected chi connectivity index (χ0v) is 10.7. The van der Waals surface area contributed by atoms with Crippen LogP contribution in [0.2, 0.25) is 0 Å². The Kier molecular flexibility index (Phi) is 3.46. The molecule has 0 saturated carbocycles. The van der Waals surface area contributed by atoms with Gasteiger partial charge in [-0.25, -0.2) is 8.42 Å². The lowest BCUT2D eigenvalue weighted by Crippen LogP contribution is -2.36. The van der Waals surface area contributed by atoms with Crippen LogP contribution in [0.25, 0.3) is 0 Å². The van der Waals surface area contributed by atoms with E-state index in [2.05, 4.69) is 20.8 Å². The molecule has 8 heteroatoms. The summed E-state index contributed by atoms with van der Waals surface area (Å²) in [4.78, 5) is 11.8. The van der Waals surface area contributed by atoms with Gasteiger partial charge in [-0.3, -0.25) is 4.79 Å². The van der Waals surface area contributed by atoms with Crippen molar-refractivity contribution in [3.8, 4) is 0 Å². The first-order chi connectivity index (χ1) is 8.50. The Morgan fingerprint density at radius 3 is 2.67 bits per heavy atom. The number of amides is 1. The highest BCUT2D eigenvalue weighted by atomic mass is 32.2. The van der Waals surface area contributed by atoms with Gasteiger partial charge in [0.2, 0.25) is 0 Å². The first-order valence-electron chi connectivity index (χ1n) is 5.53. The predicted molar refractivity (Wildman–Crippen MR) is 66.1 cm³/mol. The van der Waals surface area contributed by atoms with Gasteiger partial charge in [-0.05, 0) is 18.6 Å². The molecule has 7 nitrogen and oxygen atoms in total. The third-order valence-electron chi connectivity index (χ3n) is 2.72. The van der Waals surface area contributed by atoms with Crippen molar-refractivity contribution in [2.24, 2.45) is 0 Å². The Balaban J connectivity index is 1.99. The maximum atomic E-state index is 11.8. The summed E-state index contributed by atoms with van der Waals surface area (Å²) in [5.74, 6) is 0.297. The van der Waals surface area contributed by atoms with Crippen LogP contribution in [0.5, 0.6) is 0 Å². The molecule has 1 amide bonds. The maximum absolute atomic E-state index is 11.8. The van der Waals surface area contributed by atoms with Gasteiger partial charge < -0.3 is 10.6 Å². The number of aromatic nitrogens is 2. The third kappa shape index (κ3) is 2.95. The smallest absolute Gasteiger partial charge is 0.272 e. The van der Waals surface area contributed by atoms with E-state index in [0.29, 0.717) is 12.2 Å². The van der Waals surface area contributed by atoms with Crippen LogP contribution in [0.3, 0.4) is 0 Å². The number of nitrogens with zero attached hydrogens (tertiary/aromatic N) is 2. The first-order valence-corrected chi connectivity index (χ1v) is 7.35. The van der Waals surface area contributed by atoms with Crippen molar-refractivity contribution < 1.29 is 13.2 Å². The second-order valence-electron chi connectivity index (χ2n) is 4.13. The van der Waals surface area contributed by atoms with Crippen molar-refractivity contribution in [1.29, 1.82) is 0 Å². The number of hydrogen-bond donors (Lipinski definition) is 2. The lowest BCUT2D eigenvalue weighted by molar-refractivity contribution is 0.0935. The fourth-order valence-electron chi connectivity index (χ4n) is 1.75. The van der Waals surface area contributed by atoms with Gasteiger partial charge in [-0.2, -0.15) is 0 Å². The van der Waals surface area contributed by atoms with Gasteiger partial charge in [0.25, 0.3) is 5.91 Å². The third-order valence-corrected chi connectivity index (χ3v) is 4.49. The average Bonchev–Trinajstić information content (AvgIpc) is 2.68. The summed E-state index contributed by atoms with van der Waals surface area (Å²) in [6.45, 7) is 0. The van der Waals surface area contributed by atoms with Gasteiger partial charge in [0.1, 0.15) is 5.82 Å². The highest BCUT2D eigenvalue weighted by Crippen LogP contribution is 2.11. The van der Waals surface area contributed by atoms with Gasteiger partial charge >= 0.3 is 0 Å². The second kappa shape index (κ2) is 4.89. The quantitative estimate of drug-likeness (QED) is 0.763. The van der Waals surface area contributed by atoms with Crippen LogP contribution < -0.4 is 10.6 Å². The molecule has 0 aromatic carbocycles. The highest BCUT2D eigenvalue weighted by Gasteiger charge is 2.29. The normalized spacial score (nSPS) is 21.5. The molecule has 1 atom stereocenters. The van der Waals surface area contributed by atoms with Gasteiger partial charge in [0, 0.05) is 13.1 Å². The second-order valence-corrected chi connectivity index (χ2v) is 6.36. The van der Waals surface area contributed by atoms with E-state index in [0.717, 1.165) is 0 Å². The van der Waals surface area contributed by atoms with E-state index in [-0.39, 0.29) is 23.2 Å². The topological polar surface area (TPSA) is 101 Å². The number of sulfone groups is 1. The number of carbonyl (C=O) groups excluding carboxylic acids is 1. The maximum Gasteiger partial charge on any atom is 0.272 e. The summed E-state index contributed by atoms with van der Waals surface area (Å²) < 4.78 is 22.5. The van der Waals surface area contributed by atoms with Crippen molar-refractivity contribution in [2.45, 2.75) is 12.5 Å². The van der Waals surface area contributed by atoms with Crippen LogP contribution in [-0.2, 0) is 9.84 Å². The Bertz CT molecular complexity index is 541. The average molecular weight is 270 g/mol. The molecular weight excluding hydrogens is 256 g/mol. The van der Waals surface area contributed by atoms with Crippen molar-refractivity contribution in [1.82, 2.24) is 15.5 Å². The molecule has 2 N–H and O–H groups in total. The minimum atomic E-state index is -2.99. The predicted octanol–water partition coefficient (Wildman–Crippen LogP) is -0.565. The molecule has 18 heavy (non-hydrogen) atoms. The van der Waals surface area contributed by atoms with E-state index in [4.69, 9.17) is 0 Å². The molecule has 1 aromatic rings. The lowest BCUT2D eigenvalue weighted by Gasteiger charge is -2.09. The molecule has 1 aromatic heterocycles. The Hall–Kier alpha value is -1.70. The van der Waals surface area contributed by atoms with Crippen LogP contribution in [0, 0.1) is 0 Å². The lowest BCUT2D eigenvalue weighted by atomic mass is 10.2. The molecule has 2 rings (SSSR count). The summed E-state index contributed by atoms with van der Waals surface area (Å²) in [6.07, 6.45) is 0.454. The van der Waals surface area contributed by atoms with Crippen molar-refractivity contribution in [3.63, 3.8) is 0 Å². The Labute approximate surface area is 105 Å². The number of carbonyl (C=O) groups is 1. The van der Waals surface area contributed by atoms with E-state index in [1.165, 1.54) is 6.07 Å². The van der Waals surface area contributed by atoms with Crippen LogP contribution in [0.1, 0.15) is 16.9 Å². The van der Waals surface area contributed by atoms with Gasteiger partial charge in [0.05, 0.1) is 11.5 Å². The number of hydrogen-bond acceptors (Lipinski definition) is 6. The molecule has 1 aliphatic rings. The summed E-state index contributed by atoms with van der Waals surface area (Å²) in [7, 11) is -1.29. The molecule has 1 fully saturated rings. The molecule has 0 radical (unpaired) electrons. The summed E-state index contributed by atoms with van der Waals surface area (Å²) in [5.41, 5.74) is 0.179. The zero-order chi connectivity index (χ0) is 13.2. The summed E-state index contributed by atoms with van der Waals surface area (Å²) >= 11 is 0. The van der Waals surface area contributed by atoms with Crippen molar-refractivity contribution in [3.05, 3.63) is 17.8 Å². The minimum Gasteiger partial charge on any atom is -0.372 e. The van der Waals surface area contributed by atoms with Crippen LogP contribution in [0.15, 0.2) is 12.1 Å². The molecule has 0 bridgehead atoms. The highest BCUT2D eigenvalue weighted by molar-refractivity contribution is 7.91. The molecule has 0 spiro atoms. The fourth-order valence-corrected chi connectivity index (χ4v) is 3.43. The van der Waals surface area contributed by atoms with E-state index < -0.39 is 15.7 Å². The monoisotopic (exact) mass is 270 g/mol. The molecular formula is C10H14N4O3S. The van der Waals surface area contributed by atoms with Crippen LogP contribution >= 0.6 is 0 Å². The number of anilines is 1.